The molecule has 0 radical (unpaired) electrons. The molecule has 1 fully saturated rings. The van der Waals surface area contributed by atoms with Gasteiger partial charge in [-0.15, -0.1) is 23.7 Å². The number of carboxylic acid groups (broad SMARTS) is 1. The fraction of sp³-hybridized carbons (Fsp3) is 0.286. The third-order valence-corrected chi connectivity index (χ3v) is 4.42. The van der Waals surface area contributed by atoms with Crippen LogP contribution in [0.15, 0.2) is 29.6 Å². The molecule has 2 aromatic rings. The van der Waals surface area contributed by atoms with Crippen molar-refractivity contribution in [3.63, 3.8) is 0 Å². The summed E-state index contributed by atoms with van der Waals surface area (Å²) in [5, 5.41) is 12.0. The number of carbonyl (C=O) groups is 2. The van der Waals surface area contributed by atoms with Gasteiger partial charge in [-0.1, -0.05) is 0 Å². The topological polar surface area (TPSA) is 57.6 Å². The predicted molar refractivity (Wildman–Crippen MR) is 80.7 cm³/mol. The van der Waals surface area contributed by atoms with Crippen LogP contribution in [0.1, 0.15) is 16.8 Å². The van der Waals surface area contributed by atoms with Crippen LogP contribution in [0.25, 0.3) is 10.1 Å². The summed E-state index contributed by atoms with van der Waals surface area (Å²) in [4.78, 5) is 24.9. The maximum Gasteiger partial charge on any atom is 0.308 e. The summed E-state index contributed by atoms with van der Waals surface area (Å²) in [5.74, 6) is -1.31. The molecule has 1 aliphatic heterocycles. The molecule has 1 aliphatic rings. The van der Waals surface area contributed by atoms with Gasteiger partial charge in [0, 0.05) is 23.4 Å². The molecule has 0 saturated carbocycles. The highest BCUT2D eigenvalue weighted by molar-refractivity contribution is 7.17. The second kappa shape index (κ2) is 5.81. The normalized spacial score (nSPS) is 18.0. The summed E-state index contributed by atoms with van der Waals surface area (Å²) < 4.78 is 1.15. The van der Waals surface area contributed by atoms with Gasteiger partial charge >= 0.3 is 5.97 Å². The Morgan fingerprint density at radius 3 is 2.80 bits per heavy atom. The number of benzene rings is 1. The number of likely N-dealkylation sites (tertiary alicyclic amines) is 1. The Labute approximate surface area is 126 Å². The van der Waals surface area contributed by atoms with Crippen LogP contribution >= 0.6 is 23.7 Å². The average Bonchev–Trinajstić information content (AvgIpc) is 3.06. The Balaban J connectivity index is 0.00000147. The Hall–Kier alpha value is -1.59. The van der Waals surface area contributed by atoms with Crippen LogP contribution < -0.4 is 0 Å². The molecular formula is C14H14ClNO3S. The minimum Gasteiger partial charge on any atom is -0.481 e. The average molecular weight is 312 g/mol. The summed E-state index contributed by atoms with van der Waals surface area (Å²) in [6.45, 7) is 0.841. The summed E-state index contributed by atoms with van der Waals surface area (Å²) in [7, 11) is 0. The molecule has 1 atom stereocenters. The molecule has 6 heteroatoms. The van der Waals surface area contributed by atoms with Gasteiger partial charge in [0.2, 0.25) is 0 Å². The van der Waals surface area contributed by atoms with Gasteiger partial charge in [-0.2, -0.15) is 0 Å². The lowest BCUT2D eigenvalue weighted by Gasteiger charge is -2.15. The van der Waals surface area contributed by atoms with Crippen molar-refractivity contribution in [2.75, 3.05) is 13.1 Å². The molecule has 20 heavy (non-hydrogen) atoms. The van der Waals surface area contributed by atoms with Crippen molar-refractivity contribution in [2.24, 2.45) is 5.92 Å². The lowest BCUT2D eigenvalue weighted by molar-refractivity contribution is -0.141. The van der Waals surface area contributed by atoms with E-state index in [2.05, 4.69) is 0 Å². The maximum absolute atomic E-state index is 12.3. The van der Waals surface area contributed by atoms with Gasteiger partial charge in [0.15, 0.2) is 0 Å². The lowest BCUT2D eigenvalue weighted by Crippen LogP contribution is -2.29. The first-order valence-corrected chi connectivity index (χ1v) is 7.02. The number of carboxylic acids is 1. The lowest BCUT2D eigenvalue weighted by atomic mass is 10.1. The Kier molecular flexibility index (Phi) is 4.30. The Morgan fingerprint density at radius 2 is 2.10 bits per heavy atom. The van der Waals surface area contributed by atoms with Crippen LogP contribution in [-0.4, -0.2) is 35.0 Å². The second-order valence-electron chi connectivity index (χ2n) is 4.75. The highest BCUT2D eigenvalue weighted by Crippen LogP contribution is 2.24. The molecule has 3 rings (SSSR count). The van der Waals surface area contributed by atoms with Crippen LogP contribution in [-0.2, 0) is 4.79 Å². The second-order valence-corrected chi connectivity index (χ2v) is 5.70. The van der Waals surface area contributed by atoms with Crippen molar-refractivity contribution in [3.8, 4) is 0 Å². The summed E-state index contributed by atoms with van der Waals surface area (Å²) in [6.07, 6.45) is 0.543. The molecule has 4 nitrogen and oxygen atoms in total. The first kappa shape index (κ1) is 14.8. The minimum atomic E-state index is -0.816. The van der Waals surface area contributed by atoms with E-state index in [1.54, 1.807) is 16.2 Å². The molecule has 1 N–H and O–H groups in total. The Bertz CT molecular complexity index is 655. The third kappa shape index (κ3) is 2.64. The monoisotopic (exact) mass is 311 g/mol. The van der Waals surface area contributed by atoms with Crippen molar-refractivity contribution >= 4 is 45.7 Å². The van der Waals surface area contributed by atoms with Gasteiger partial charge in [-0.3, -0.25) is 9.59 Å². The molecule has 1 amide bonds. The molecule has 1 aromatic carbocycles. The minimum absolute atomic E-state index is 0. The van der Waals surface area contributed by atoms with E-state index in [1.807, 2.05) is 29.6 Å². The number of thiophene rings is 1. The van der Waals surface area contributed by atoms with Crippen molar-refractivity contribution in [1.82, 2.24) is 4.90 Å². The summed E-state index contributed by atoms with van der Waals surface area (Å²) in [6, 6.07) is 7.62. The first-order valence-electron chi connectivity index (χ1n) is 6.14. The van der Waals surface area contributed by atoms with E-state index in [-0.39, 0.29) is 18.3 Å². The van der Waals surface area contributed by atoms with Crippen LogP contribution in [0, 0.1) is 5.92 Å². The molecule has 0 spiro atoms. The largest absolute Gasteiger partial charge is 0.481 e. The molecule has 0 bridgehead atoms. The van der Waals surface area contributed by atoms with Crippen LogP contribution in [0.2, 0.25) is 0 Å². The highest BCUT2D eigenvalue weighted by Gasteiger charge is 2.31. The zero-order valence-corrected chi connectivity index (χ0v) is 12.2. The molecular weight excluding hydrogens is 298 g/mol. The highest BCUT2D eigenvalue weighted by atomic mass is 35.5. The summed E-state index contributed by atoms with van der Waals surface area (Å²) >= 11 is 1.64. The number of hydrogen-bond acceptors (Lipinski definition) is 3. The molecule has 2 heterocycles. The van der Waals surface area contributed by atoms with Crippen LogP contribution in [0.3, 0.4) is 0 Å². The molecule has 106 valence electrons. The van der Waals surface area contributed by atoms with E-state index in [0.717, 1.165) is 10.1 Å². The van der Waals surface area contributed by atoms with Crippen LogP contribution in [0.5, 0.6) is 0 Å². The first-order chi connectivity index (χ1) is 9.15. The fourth-order valence-corrected chi connectivity index (χ4v) is 3.20. The van der Waals surface area contributed by atoms with E-state index in [4.69, 9.17) is 5.11 Å². The van der Waals surface area contributed by atoms with E-state index in [0.29, 0.717) is 25.1 Å². The van der Waals surface area contributed by atoms with Crippen molar-refractivity contribution < 1.29 is 14.7 Å². The number of halogens is 1. The Morgan fingerprint density at radius 1 is 1.30 bits per heavy atom. The molecule has 1 unspecified atom stereocenters. The standard InChI is InChI=1S/C14H13NO3S.ClH/c16-13(15-5-3-11(8-15)14(17)18)10-1-2-12-9(7-10)4-6-19-12;/h1-2,4,6-7,11H,3,5,8H2,(H,17,18);1H. The van der Waals surface area contributed by atoms with E-state index >= 15 is 0 Å². The number of rotatable bonds is 2. The zero-order valence-electron chi connectivity index (χ0n) is 10.6. The number of fused-ring (bicyclic) bond motifs is 1. The number of carbonyl (C=O) groups excluding carboxylic acids is 1. The molecule has 0 aliphatic carbocycles. The molecule has 1 saturated heterocycles. The third-order valence-electron chi connectivity index (χ3n) is 3.52. The summed E-state index contributed by atoms with van der Waals surface area (Å²) in [5.41, 5.74) is 0.636. The smallest absolute Gasteiger partial charge is 0.308 e. The quantitative estimate of drug-likeness (QED) is 0.928. The van der Waals surface area contributed by atoms with Gasteiger partial charge < -0.3 is 10.0 Å². The molecule has 1 aromatic heterocycles. The van der Waals surface area contributed by atoms with Gasteiger partial charge in [0.05, 0.1) is 5.92 Å². The van der Waals surface area contributed by atoms with E-state index < -0.39 is 11.9 Å². The fourth-order valence-electron chi connectivity index (χ4n) is 2.43. The number of hydrogen-bond donors (Lipinski definition) is 1. The van der Waals surface area contributed by atoms with Crippen LogP contribution in [0.4, 0.5) is 0 Å². The van der Waals surface area contributed by atoms with E-state index in [1.165, 1.54) is 0 Å². The number of aliphatic carboxylic acids is 1. The van der Waals surface area contributed by atoms with Gasteiger partial charge in [-0.05, 0) is 41.5 Å². The predicted octanol–water partition coefficient (Wildman–Crippen LogP) is 2.87. The maximum atomic E-state index is 12.3. The van der Waals surface area contributed by atoms with Crippen molar-refractivity contribution in [2.45, 2.75) is 6.42 Å². The van der Waals surface area contributed by atoms with Gasteiger partial charge in [0.1, 0.15) is 0 Å². The van der Waals surface area contributed by atoms with Crippen molar-refractivity contribution in [3.05, 3.63) is 35.2 Å². The zero-order chi connectivity index (χ0) is 13.4. The van der Waals surface area contributed by atoms with Gasteiger partial charge in [0.25, 0.3) is 5.91 Å². The van der Waals surface area contributed by atoms with Gasteiger partial charge in [-0.25, -0.2) is 0 Å². The SMILES string of the molecule is Cl.O=C(O)C1CCN(C(=O)c2ccc3sccc3c2)C1. The number of nitrogens with zero attached hydrogens (tertiary/aromatic N) is 1. The van der Waals surface area contributed by atoms with Crippen molar-refractivity contribution in [1.29, 1.82) is 0 Å². The van der Waals surface area contributed by atoms with E-state index in [9.17, 15) is 9.59 Å². The number of amides is 1.